The van der Waals surface area contributed by atoms with Crippen LogP contribution in [0.15, 0.2) is 0 Å². The molecule has 0 radical (unpaired) electrons. The van der Waals surface area contributed by atoms with Crippen LogP contribution in [0.2, 0.25) is 0 Å². The molecule has 0 aromatic heterocycles. The van der Waals surface area contributed by atoms with Gasteiger partial charge in [0.15, 0.2) is 0 Å². The van der Waals surface area contributed by atoms with Crippen molar-refractivity contribution in [1.29, 1.82) is 0 Å². The molecule has 0 saturated carbocycles. The summed E-state index contributed by atoms with van der Waals surface area (Å²) in [5.41, 5.74) is -0.0197. The highest BCUT2D eigenvalue weighted by molar-refractivity contribution is 5.69. The van der Waals surface area contributed by atoms with Crippen LogP contribution in [-0.2, 0) is 14.3 Å². The molecule has 0 amide bonds. The average molecular weight is 144 g/mol. The van der Waals surface area contributed by atoms with E-state index >= 15 is 0 Å². The lowest BCUT2D eigenvalue weighted by Crippen LogP contribution is -2.09. The Morgan fingerprint density at radius 2 is 2.40 bits per heavy atom. The largest absolute Gasteiger partial charge is 0.469 e. The summed E-state index contributed by atoms with van der Waals surface area (Å²) in [5, 5.41) is 0. The highest BCUT2D eigenvalue weighted by atomic mass is 16.6. The van der Waals surface area contributed by atoms with E-state index in [1.54, 1.807) is 0 Å². The minimum Gasteiger partial charge on any atom is -0.469 e. The predicted octanol–water partition coefficient (Wildman–Crippen LogP) is 0.728. The van der Waals surface area contributed by atoms with Crippen LogP contribution in [0.3, 0.4) is 0 Å². The maximum Gasteiger partial charge on any atom is 0.305 e. The van der Waals surface area contributed by atoms with Crippen molar-refractivity contribution in [3.8, 4) is 0 Å². The van der Waals surface area contributed by atoms with E-state index in [1.807, 2.05) is 6.92 Å². The lowest BCUT2D eigenvalue weighted by Gasteiger charge is -2.01. The first-order chi connectivity index (χ1) is 4.66. The first kappa shape index (κ1) is 7.54. The maximum atomic E-state index is 10.6. The predicted molar refractivity (Wildman–Crippen MR) is 35.6 cm³/mol. The Hall–Kier alpha value is -0.570. The minimum atomic E-state index is -0.156. The molecule has 3 heteroatoms. The van der Waals surface area contributed by atoms with Gasteiger partial charge in [-0.3, -0.25) is 4.79 Å². The van der Waals surface area contributed by atoms with Gasteiger partial charge in [0, 0.05) is 6.42 Å². The second-order valence-electron chi connectivity index (χ2n) is 2.81. The number of methoxy groups -OCH3 is 1. The van der Waals surface area contributed by atoms with Crippen molar-refractivity contribution >= 4 is 5.97 Å². The Morgan fingerprint density at radius 3 is 2.80 bits per heavy atom. The van der Waals surface area contributed by atoms with Crippen molar-refractivity contribution in [2.24, 2.45) is 0 Å². The average Bonchev–Trinajstić information content (AvgIpc) is 2.64. The van der Waals surface area contributed by atoms with Crippen molar-refractivity contribution in [2.75, 3.05) is 13.7 Å². The van der Waals surface area contributed by atoms with Gasteiger partial charge in [-0.1, -0.05) is 0 Å². The standard InChI is InChI=1S/C7H12O3/c1-7(5-10-7)4-3-6(8)9-2/h3-5H2,1-2H3. The summed E-state index contributed by atoms with van der Waals surface area (Å²) in [6.07, 6.45) is 1.24. The Labute approximate surface area is 60.3 Å². The molecule has 58 valence electrons. The summed E-state index contributed by atoms with van der Waals surface area (Å²) < 4.78 is 9.56. The highest BCUT2D eigenvalue weighted by Crippen LogP contribution is 2.30. The zero-order valence-electron chi connectivity index (χ0n) is 6.35. The number of epoxide rings is 1. The van der Waals surface area contributed by atoms with Crippen LogP contribution in [0.4, 0.5) is 0 Å². The third kappa shape index (κ3) is 1.99. The Morgan fingerprint density at radius 1 is 1.80 bits per heavy atom. The van der Waals surface area contributed by atoms with Crippen LogP contribution in [0.5, 0.6) is 0 Å². The van der Waals surface area contributed by atoms with Gasteiger partial charge in [-0.05, 0) is 13.3 Å². The second-order valence-corrected chi connectivity index (χ2v) is 2.81. The molecule has 0 aromatic carbocycles. The van der Waals surface area contributed by atoms with E-state index in [0.29, 0.717) is 6.42 Å². The number of ether oxygens (including phenoxy) is 2. The normalized spacial score (nSPS) is 29.8. The van der Waals surface area contributed by atoms with Crippen LogP contribution in [-0.4, -0.2) is 25.3 Å². The summed E-state index contributed by atoms with van der Waals surface area (Å²) in [6.45, 7) is 2.78. The molecule has 1 atom stereocenters. The molecular weight excluding hydrogens is 132 g/mol. The molecule has 1 aliphatic rings. The van der Waals surface area contributed by atoms with Gasteiger partial charge in [0.05, 0.1) is 19.3 Å². The van der Waals surface area contributed by atoms with Gasteiger partial charge in [-0.15, -0.1) is 0 Å². The lowest BCUT2D eigenvalue weighted by molar-refractivity contribution is -0.141. The topological polar surface area (TPSA) is 38.8 Å². The van der Waals surface area contributed by atoms with Crippen LogP contribution in [0.25, 0.3) is 0 Å². The molecule has 0 N–H and O–H groups in total. The number of carbonyl (C=O) groups excluding carboxylic acids is 1. The Balaban J connectivity index is 2.10. The molecule has 1 rings (SSSR count). The van der Waals surface area contributed by atoms with Crippen LogP contribution >= 0.6 is 0 Å². The Bertz CT molecular complexity index is 138. The molecule has 1 heterocycles. The van der Waals surface area contributed by atoms with Crippen LogP contribution in [0, 0.1) is 0 Å². The second kappa shape index (κ2) is 2.58. The SMILES string of the molecule is COC(=O)CCC1(C)CO1. The number of hydrogen-bond acceptors (Lipinski definition) is 3. The summed E-state index contributed by atoms with van der Waals surface area (Å²) >= 11 is 0. The van der Waals surface area contributed by atoms with Gasteiger partial charge in [-0.25, -0.2) is 0 Å². The van der Waals surface area contributed by atoms with Crippen LogP contribution in [0.1, 0.15) is 19.8 Å². The fraction of sp³-hybridized carbons (Fsp3) is 0.857. The molecule has 1 unspecified atom stereocenters. The summed E-state index contributed by atoms with van der Waals surface area (Å²) in [6, 6.07) is 0. The molecular formula is C7H12O3. The van der Waals surface area contributed by atoms with Gasteiger partial charge in [0.1, 0.15) is 0 Å². The molecule has 0 aromatic rings. The number of carbonyl (C=O) groups is 1. The summed E-state index contributed by atoms with van der Waals surface area (Å²) in [4.78, 5) is 10.6. The van der Waals surface area contributed by atoms with Gasteiger partial charge in [-0.2, -0.15) is 0 Å². The van der Waals surface area contributed by atoms with E-state index in [4.69, 9.17) is 4.74 Å². The molecule has 1 fully saturated rings. The summed E-state index contributed by atoms with van der Waals surface area (Å²) in [7, 11) is 1.40. The van der Waals surface area contributed by atoms with E-state index in [-0.39, 0.29) is 11.6 Å². The molecule has 1 saturated heterocycles. The number of rotatable bonds is 3. The van der Waals surface area contributed by atoms with E-state index in [1.165, 1.54) is 7.11 Å². The van der Waals surface area contributed by atoms with E-state index in [2.05, 4.69) is 4.74 Å². The fourth-order valence-electron chi connectivity index (χ4n) is 0.736. The third-order valence-electron chi connectivity index (χ3n) is 1.72. The quantitative estimate of drug-likeness (QED) is 0.433. The molecule has 0 bridgehead atoms. The minimum absolute atomic E-state index is 0.0197. The maximum absolute atomic E-state index is 10.6. The van der Waals surface area contributed by atoms with Crippen molar-refractivity contribution < 1.29 is 14.3 Å². The smallest absolute Gasteiger partial charge is 0.305 e. The van der Waals surface area contributed by atoms with E-state index in [9.17, 15) is 4.79 Å². The molecule has 10 heavy (non-hydrogen) atoms. The van der Waals surface area contributed by atoms with E-state index < -0.39 is 0 Å². The lowest BCUT2D eigenvalue weighted by atomic mass is 10.1. The monoisotopic (exact) mass is 144 g/mol. The zero-order valence-corrected chi connectivity index (χ0v) is 6.35. The third-order valence-corrected chi connectivity index (χ3v) is 1.72. The zero-order chi connectivity index (χ0) is 7.61. The van der Waals surface area contributed by atoms with Crippen LogP contribution < -0.4 is 0 Å². The number of esters is 1. The van der Waals surface area contributed by atoms with Crippen molar-refractivity contribution in [2.45, 2.75) is 25.4 Å². The molecule has 3 nitrogen and oxygen atoms in total. The fourth-order valence-corrected chi connectivity index (χ4v) is 0.736. The summed E-state index contributed by atoms with van der Waals surface area (Å²) in [5.74, 6) is -0.156. The van der Waals surface area contributed by atoms with Crippen molar-refractivity contribution in [1.82, 2.24) is 0 Å². The molecule has 1 aliphatic heterocycles. The van der Waals surface area contributed by atoms with Crippen molar-refractivity contribution in [3.63, 3.8) is 0 Å². The van der Waals surface area contributed by atoms with Gasteiger partial charge in [0.2, 0.25) is 0 Å². The molecule has 0 spiro atoms. The highest BCUT2D eigenvalue weighted by Gasteiger charge is 2.39. The first-order valence-corrected chi connectivity index (χ1v) is 3.37. The first-order valence-electron chi connectivity index (χ1n) is 3.37. The Kier molecular flexibility index (Phi) is 1.94. The van der Waals surface area contributed by atoms with Gasteiger partial charge < -0.3 is 9.47 Å². The van der Waals surface area contributed by atoms with E-state index in [0.717, 1.165) is 13.0 Å². The number of hydrogen-bond donors (Lipinski definition) is 0. The molecule has 0 aliphatic carbocycles. The van der Waals surface area contributed by atoms with Gasteiger partial charge >= 0.3 is 5.97 Å². The van der Waals surface area contributed by atoms with Crippen molar-refractivity contribution in [3.05, 3.63) is 0 Å². The van der Waals surface area contributed by atoms with Gasteiger partial charge in [0.25, 0.3) is 0 Å².